The molecule has 0 bridgehead atoms. The number of nitrogens with one attached hydrogen (secondary N) is 1. The maximum absolute atomic E-state index is 11.1. The lowest BCUT2D eigenvalue weighted by Crippen LogP contribution is -2.05. The van der Waals surface area contributed by atoms with Crippen molar-refractivity contribution in [2.75, 3.05) is 0 Å². The average Bonchev–Trinajstić information content (AvgIpc) is 2.59. The van der Waals surface area contributed by atoms with Gasteiger partial charge in [-0.2, -0.15) is 0 Å². The highest BCUT2D eigenvalue weighted by Gasteiger charge is 2.14. The van der Waals surface area contributed by atoms with E-state index >= 15 is 0 Å². The van der Waals surface area contributed by atoms with Crippen molar-refractivity contribution in [2.24, 2.45) is 0 Å². The molecule has 1 atom stereocenters. The summed E-state index contributed by atoms with van der Waals surface area (Å²) in [5, 5.41) is 0. The Labute approximate surface area is 81.4 Å². The van der Waals surface area contributed by atoms with Gasteiger partial charge >= 0.3 is 0 Å². The number of hydrogen-bond donors (Lipinski definition) is 1. The summed E-state index contributed by atoms with van der Waals surface area (Å²) in [5.74, 6) is 0.597. The Bertz CT molecular complexity index is 442. The van der Waals surface area contributed by atoms with Gasteiger partial charge in [0.25, 0.3) is 0 Å². The van der Waals surface area contributed by atoms with Gasteiger partial charge in [0.2, 0.25) is 0 Å². The van der Waals surface area contributed by atoms with Crippen LogP contribution in [0.3, 0.4) is 0 Å². The predicted molar refractivity (Wildman–Crippen MR) is 53.0 cm³/mol. The van der Waals surface area contributed by atoms with Crippen molar-refractivity contribution in [3.05, 3.63) is 24.2 Å². The van der Waals surface area contributed by atoms with E-state index in [2.05, 4.69) is 15.0 Å². The van der Waals surface area contributed by atoms with Crippen molar-refractivity contribution in [1.29, 1.82) is 0 Å². The predicted octanol–water partition coefficient (Wildman–Crippen LogP) is 1.65. The number of H-pyrrole nitrogens is 1. The zero-order valence-electron chi connectivity index (χ0n) is 8.11. The smallest absolute Gasteiger partial charge is 0.177 e. The molecule has 72 valence electrons. The molecule has 2 aromatic rings. The van der Waals surface area contributed by atoms with Crippen molar-refractivity contribution in [3.63, 3.8) is 0 Å². The van der Waals surface area contributed by atoms with Crippen LogP contribution in [0.2, 0.25) is 0 Å². The normalized spacial score (nSPS) is 13.0. The van der Waals surface area contributed by atoms with E-state index in [1.807, 2.05) is 19.1 Å². The molecule has 0 aliphatic carbocycles. The highest BCUT2D eigenvalue weighted by atomic mass is 16.1. The van der Waals surface area contributed by atoms with Gasteiger partial charge in [0.05, 0.1) is 11.4 Å². The minimum absolute atomic E-state index is 0.101. The number of nitrogens with zero attached hydrogens (tertiary/aromatic N) is 2. The largest absolute Gasteiger partial charge is 0.340 e. The zero-order chi connectivity index (χ0) is 10.1. The minimum atomic E-state index is -0.191. The lowest BCUT2D eigenvalue weighted by Gasteiger charge is -2.00. The summed E-state index contributed by atoms with van der Waals surface area (Å²) in [5.41, 5.74) is 1.53. The van der Waals surface area contributed by atoms with Crippen LogP contribution < -0.4 is 0 Å². The van der Waals surface area contributed by atoms with E-state index in [9.17, 15) is 4.79 Å². The van der Waals surface area contributed by atoms with E-state index < -0.39 is 0 Å². The number of aromatic amines is 1. The summed E-state index contributed by atoms with van der Waals surface area (Å²) in [6.45, 7) is 3.39. The van der Waals surface area contributed by atoms with Crippen molar-refractivity contribution >= 4 is 16.9 Å². The Hall–Kier alpha value is -1.71. The highest BCUT2D eigenvalue weighted by Crippen LogP contribution is 2.15. The number of imidazole rings is 1. The molecule has 1 unspecified atom stereocenters. The molecule has 0 radical (unpaired) electrons. The topological polar surface area (TPSA) is 58.6 Å². The van der Waals surface area contributed by atoms with E-state index in [4.69, 9.17) is 0 Å². The first-order valence-corrected chi connectivity index (χ1v) is 4.49. The lowest BCUT2D eigenvalue weighted by atomic mass is 10.1. The number of carbonyl (C=O) groups is 1. The van der Waals surface area contributed by atoms with Crippen LogP contribution in [-0.4, -0.2) is 20.7 Å². The van der Waals surface area contributed by atoms with E-state index in [0.29, 0.717) is 11.5 Å². The number of hydrogen-bond acceptors (Lipinski definition) is 3. The first-order valence-electron chi connectivity index (χ1n) is 4.49. The molecule has 0 saturated carbocycles. The third-order valence-electron chi connectivity index (χ3n) is 2.30. The second-order valence-electron chi connectivity index (χ2n) is 3.33. The van der Waals surface area contributed by atoms with Gasteiger partial charge in [-0.1, -0.05) is 0 Å². The van der Waals surface area contributed by atoms with Gasteiger partial charge in [-0.05, 0) is 26.0 Å². The summed E-state index contributed by atoms with van der Waals surface area (Å²) in [6, 6.07) is 3.73. The number of aromatic nitrogens is 3. The zero-order valence-corrected chi connectivity index (χ0v) is 8.11. The fourth-order valence-corrected chi connectivity index (χ4v) is 1.26. The first-order chi connectivity index (χ1) is 6.68. The van der Waals surface area contributed by atoms with Crippen LogP contribution in [0, 0.1) is 0 Å². The van der Waals surface area contributed by atoms with Gasteiger partial charge < -0.3 is 4.98 Å². The van der Waals surface area contributed by atoms with Gasteiger partial charge in [-0.25, -0.2) is 9.97 Å². The molecule has 2 heterocycles. The second-order valence-corrected chi connectivity index (χ2v) is 3.33. The van der Waals surface area contributed by atoms with Crippen LogP contribution >= 0.6 is 0 Å². The van der Waals surface area contributed by atoms with Crippen molar-refractivity contribution in [3.8, 4) is 0 Å². The highest BCUT2D eigenvalue weighted by molar-refractivity contribution is 5.83. The third kappa shape index (κ3) is 1.39. The number of Topliss-reactive ketones (excluding diaryl/α,β-unsaturated/α-hetero) is 1. The monoisotopic (exact) mass is 189 g/mol. The molecule has 4 nitrogen and oxygen atoms in total. The number of ketones is 1. The molecule has 0 fully saturated rings. The first kappa shape index (κ1) is 8.87. The number of pyridine rings is 1. The molecule has 0 spiro atoms. The second kappa shape index (κ2) is 3.21. The van der Waals surface area contributed by atoms with Crippen LogP contribution in [0.25, 0.3) is 11.2 Å². The van der Waals surface area contributed by atoms with Crippen molar-refractivity contribution in [1.82, 2.24) is 15.0 Å². The molecule has 0 saturated heterocycles. The fourth-order valence-electron chi connectivity index (χ4n) is 1.26. The Morgan fingerprint density at radius 3 is 3.00 bits per heavy atom. The molecule has 1 N–H and O–H groups in total. The Morgan fingerprint density at radius 1 is 1.57 bits per heavy atom. The summed E-state index contributed by atoms with van der Waals surface area (Å²) in [6.07, 6.45) is 1.69. The molecule has 0 amide bonds. The quantitative estimate of drug-likeness (QED) is 0.781. The Morgan fingerprint density at radius 2 is 2.36 bits per heavy atom. The van der Waals surface area contributed by atoms with Crippen molar-refractivity contribution in [2.45, 2.75) is 19.8 Å². The molecule has 14 heavy (non-hydrogen) atoms. The Kier molecular flexibility index (Phi) is 2.04. The van der Waals surface area contributed by atoms with Gasteiger partial charge in [0.15, 0.2) is 5.65 Å². The number of fused-ring (bicyclic) bond motifs is 1. The van der Waals surface area contributed by atoms with Gasteiger partial charge in [0, 0.05) is 6.20 Å². The van der Waals surface area contributed by atoms with Crippen LogP contribution in [0.5, 0.6) is 0 Å². The SMILES string of the molecule is CC(=O)C(C)c1nc2ncccc2[nH]1. The molecule has 0 aliphatic heterocycles. The summed E-state index contributed by atoms with van der Waals surface area (Å²) >= 11 is 0. The lowest BCUT2D eigenvalue weighted by molar-refractivity contribution is -0.118. The van der Waals surface area contributed by atoms with E-state index in [1.54, 1.807) is 13.1 Å². The fraction of sp³-hybridized carbons (Fsp3) is 0.300. The molecule has 0 aromatic carbocycles. The molecular weight excluding hydrogens is 178 g/mol. The van der Waals surface area contributed by atoms with Gasteiger partial charge in [0.1, 0.15) is 11.6 Å². The standard InChI is InChI=1S/C10H11N3O/c1-6(7(2)14)9-12-8-4-3-5-11-10(8)13-9/h3-6H,1-2H3,(H,11,12,13). The minimum Gasteiger partial charge on any atom is -0.340 e. The van der Waals surface area contributed by atoms with Crippen LogP contribution in [0.4, 0.5) is 0 Å². The van der Waals surface area contributed by atoms with E-state index in [0.717, 1.165) is 5.52 Å². The molecular formula is C10H11N3O. The maximum atomic E-state index is 11.1. The summed E-state index contributed by atoms with van der Waals surface area (Å²) in [7, 11) is 0. The van der Waals surface area contributed by atoms with Crippen LogP contribution in [0.15, 0.2) is 18.3 Å². The van der Waals surface area contributed by atoms with Crippen molar-refractivity contribution < 1.29 is 4.79 Å². The van der Waals surface area contributed by atoms with Crippen LogP contribution in [0.1, 0.15) is 25.6 Å². The molecule has 2 aromatic heterocycles. The van der Waals surface area contributed by atoms with Crippen LogP contribution in [-0.2, 0) is 4.79 Å². The maximum Gasteiger partial charge on any atom is 0.177 e. The molecule has 2 rings (SSSR count). The number of rotatable bonds is 2. The summed E-state index contributed by atoms with van der Waals surface area (Å²) in [4.78, 5) is 22.6. The third-order valence-corrected chi connectivity index (χ3v) is 2.30. The van der Waals surface area contributed by atoms with E-state index in [-0.39, 0.29) is 11.7 Å². The molecule has 0 aliphatic rings. The summed E-state index contributed by atoms with van der Waals surface area (Å²) < 4.78 is 0. The average molecular weight is 189 g/mol. The van der Waals surface area contributed by atoms with Gasteiger partial charge in [-0.3, -0.25) is 4.79 Å². The number of carbonyl (C=O) groups excluding carboxylic acids is 1. The van der Waals surface area contributed by atoms with E-state index in [1.165, 1.54) is 0 Å². The Balaban J connectivity index is 2.50. The van der Waals surface area contributed by atoms with Gasteiger partial charge in [-0.15, -0.1) is 0 Å². The molecule has 4 heteroatoms.